The highest BCUT2D eigenvalue weighted by Gasteiger charge is 2.15. The maximum absolute atomic E-state index is 5.46. The fourth-order valence-corrected chi connectivity index (χ4v) is 3.22. The zero-order valence-corrected chi connectivity index (χ0v) is 14.6. The zero-order valence-electron chi connectivity index (χ0n) is 13.0. The van der Waals surface area contributed by atoms with Crippen molar-refractivity contribution in [2.24, 2.45) is 0 Å². The summed E-state index contributed by atoms with van der Waals surface area (Å²) in [6.07, 6.45) is 3.27. The Kier molecular flexibility index (Phi) is 4.31. The summed E-state index contributed by atoms with van der Waals surface area (Å²) in [7, 11) is 0. The van der Waals surface area contributed by atoms with Crippen molar-refractivity contribution in [1.82, 2.24) is 20.2 Å². The Balaban J connectivity index is 1.59. The minimum Gasteiger partial charge on any atom is -0.378 e. The van der Waals surface area contributed by atoms with Gasteiger partial charge in [0.05, 0.1) is 24.8 Å². The van der Waals surface area contributed by atoms with Crippen molar-refractivity contribution >= 4 is 38.5 Å². The van der Waals surface area contributed by atoms with Gasteiger partial charge in [0.25, 0.3) is 0 Å². The van der Waals surface area contributed by atoms with Gasteiger partial charge in [-0.25, -0.2) is 9.97 Å². The third-order valence-electron chi connectivity index (χ3n) is 4.09. The smallest absolute Gasteiger partial charge is 0.160 e. The lowest BCUT2D eigenvalue weighted by Crippen LogP contribution is -2.36. The van der Waals surface area contributed by atoms with E-state index in [1.54, 1.807) is 6.20 Å². The van der Waals surface area contributed by atoms with E-state index < -0.39 is 0 Å². The largest absolute Gasteiger partial charge is 0.378 e. The van der Waals surface area contributed by atoms with Gasteiger partial charge in [-0.1, -0.05) is 22.0 Å². The second-order valence-corrected chi connectivity index (χ2v) is 6.50. The molecule has 0 unspecified atom stereocenters. The van der Waals surface area contributed by atoms with Gasteiger partial charge in [-0.3, -0.25) is 5.10 Å². The van der Waals surface area contributed by atoms with Gasteiger partial charge in [-0.05, 0) is 17.7 Å². The Morgan fingerprint density at radius 1 is 1.25 bits per heavy atom. The molecule has 0 atom stereocenters. The first-order chi connectivity index (χ1) is 11.8. The Bertz CT molecular complexity index is 845. The Morgan fingerprint density at radius 2 is 2.12 bits per heavy atom. The van der Waals surface area contributed by atoms with Gasteiger partial charge >= 0.3 is 0 Å². The van der Waals surface area contributed by atoms with Crippen molar-refractivity contribution in [3.63, 3.8) is 0 Å². The summed E-state index contributed by atoms with van der Waals surface area (Å²) >= 11 is 3.57. The van der Waals surface area contributed by atoms with E-state index in [1.165, 1.54) is 17.6 Å². The molecule has 1 saturated heterocycles. The van der Waals surface area contributed by atoms with E-state index in [1.807, 2.05) is 0 Å². The van der Waals surface area contributed by atoms with Crippen molar-refractivity contribution in [1.29, 1.82) is 0 Å². The van der Waals surface area contributed by atoms with Gasteiger partial charge in [-0.2, -0.15) is 5.10 Å². The van der Waals surface area contributed by atoms with E-state index in [0.29, 0.717) is 6.54 Å². The molecule has 0 spiro atoms. The molecule has 0 aliphatic carbocycles. The van der Waals surface area contributed by atoms with Gasteiger partial charge < -0.3 is 15.0 Å². The number of ether oxygens (including phenoxy) is 1. The minimum absolute atomic E-state index is 0.678. The van der Waals surface area contributed by atoms with E-state index in [4.69, 9.17) is 4.74 Å². The molecule has 3 heterocycles. The lowest BCUT2D eigenvalue weighted by atomic mass is 10.1. The normalized spacial score (nSPS) is 15.0. The average Bonchev–Trinajstić information content (AvgIpc) is 3.11. The van der Waals surface area contributed by atoms with Crippen LogP contribution in [-0.2, 0) is 11.3 Å². The van der Waals surface area contributed by atoms with Crippen LogP contribution in [0.25, 0.3) is 11.0 Å². The van der Waals surface area contributed by atoms with Crippen molar-refractivity contribution < 1.29 is 4.74 Å². The molecule has 1 aliphatic rings. The molecule has 124 valence electrons. The predicted octanol–water partition coefficient (Wildman–Crippen LogP) is 2.56. The van der Waals surface area contributed by atoms with Crippen molar-refractivity contribution in [3.8, 4) is 0 Å². The predicted molar refractivity (Wildman–Crippen MR) is 96.2 cm³/mol. The highest BCUT2D eigenvalue weighted by atomic mass is 79.9. The number of fused-ring (bicyclic) bond motifs is 1. The molecule has 7 nitrogen and oxygen atoms in total. The second-order valence-electron chi connectivity index (χ2n) is 5.58. The first-order valence-corrected chi connectivity index (χ1v) is 8.59. The number of rotatable bonds is 4. The van der Waals surface area contributed by atoms with Crippen LogP contribution in [0.15, 0.2) is 35.2 Å². The average molecular weight is 389 g/mol. The highest BCUT2D eigenvalue weighted by molar-refractivity contribution is 9.10. The number of nitrogens with zero attached hydrogens (tertiary/aromatic N) is 4. The first-order valence-electron chi connectivity index (χ1n) is 7.80. The number of halogens is 1. The van der Waals surface area contributed by atoms with Crippen LogP contribution < -0.4 is 10.2 Å². The van der Waals surface area contributed by atoms with E-state index >= 15 is 0 Å². The summed E-state index contributed by atoms with van der Waals surface area (Å²) in [6.45, 7) is 4.02. The van der Waals surface area contributed by atoms with Crippen LogP contribution in [0.4, 0.5) is 11.5 Å². The number of nitrogens with one attached hydrogen (secondary N) is 2. The number of anilines is 2. The molecule has 8 heteroatoms. The molecule has 0 amide bonds. The number of aromatic amines is 1. The first kappa shape index (κ1) is 15.3. The van der Waals surface area contributed by atoms with E-state index in [-0.39, 0.29) is 0 Å². The second kappa shape index (κ2) is 6.74. The number of H-pyrrole nitrogens is 1. The van der Waals surface area contributed by atoms with Gasteiger partial charge in [0.1, 0.15) is 12.1 Å². The zero-order chi connectivity index (χ0) is 16.4. The van der Waals surface area contributed by atoms with Crippen LogP contribution in [0, 0.1) is 0 Å². The van der Waals surface area contributed by atoms with Crippen LogP contribution in [0.2, 0.25) is 0 Å². The van der Waals surface area contributed by atoms with E-state index in [2.05, 4.69) is 64.5 Å². The molecule has 2 aromatic heterocycles. The van der Waals surface area contributed by atoms with Gasteiger partial charge in [-0.15, -0.1) is 0 Å². The number of aromatic nitrogens is 4. The van der Waals surface area contributed by atoms with Crippen molar-refractivity contribution in [2.45, 2.75) is 6.54 Å². The standard InChI is InChI=1S/C16H17BrN6O/c17-12-2-1-11(14(7-12)23-3-5-24-6-4-23)8-18-15-13-9-21-22-16(13)20-10-19-15/h1-2,7,9-10H,3-6,8H2,(H2,18,19,20,21,22). The van der Waals surface area contributed by atoms with Crippen LogP contribution >= 0.6 is 15.9 Å². The number of benzene rings is 1. The summed E-state index contributed by atoms with van der Waals surface area (Å²) in [5.74, 6) is 0.782. The summed E-state index contributed by atoms with van der Waals surface area (Å²) in [4.78, 5) is 10.9. The Hall–Kier alpha value is -2.19. The summed E-state index contributed by atoms with van der Waals surface area (Å²) in [6, 6.07) is 6.36. The molecule has 0 bridgehead atoms. The third kappa shape index (κ3) is 3.07. The number of hydrogen-bond acceptors (Lipinski definition) is 6. The fourth-order valence-electron chi connectivity index (χ4n) is 2.87. The molecule has 1 aromatic carbocycles. The molecule has 4 rings (SSSR count). The van der Waals surface area contributed by atoms with Gasteiger partial charge in [0, 0.05) is 29.8 Å². The van der Waals surface area contributed by atoms with Crippen molar-refractivity contribution in [2.75, 3.05) is 36.5 Å². The summed E-state index contributed by atoms with van der Waals surface area (Å²) < 4.78 is 6.54. The molecular formula is C16H17BrN6O. The van der Waals surface area contributed by atoms with Gasteiger partial charge in [0.2, 0.25) is 0 Å². The van der Waals surface area contributed by atoms with Crippen LogP contribution in [0.5, 0.6) is 0 Å². The molecule has 2 N–H and O–H groups in total. The van der Waals surface area contributed by atoms with Crippen LogP contribution in [0.1, 0.15) is 5.56 Å². The Labute approximate surface area is 147 Å². The SMILES string of the molecule is Brc1ccc(CNc2ncnc3[nH]ncc23)c(N2CCOCC2)c1. The monoisotopic (exact) mass is 388 g/mol. The maximum Gasteiger partial charge on any atom is 0.160 e. The van der Waals surface area contributed by atoms with Crippen LogP contribution in [0.3, 0.4) is 0 Å². The lowest BCUT2D eigenvalue weighted by molar-refractivity contribution is 0.122. The molecule has 0 saturated carbocycles. The van der Waals surface area contributed by atoms with Crippen molar-refractivity contribution in [3.05, 3.63) is 40.8 Å². The minimum atomic E-state index is 0.678. The number of morpholine rings is 1. The van der Waals surface area contributed by atoms with Gasteiger partial charge in [0.15, 0.2) is 5.65 Å². The quantitative estimate of drug-likeness (QED) is 0.714. The lowest BCUT2D eigenvalue weighted by Gasteiger charge is -2.31. The molecule has 1 aliphatic heterocycles. The highest BCUT2D eigenvalue weighted by Crippen LogP contribution is 2.27. The van der Waals surface area contributed by atoms with E-state index in [0.717, 1.165) is 47.6 Å². The third-order valence-corrected chi connectivity index (χ3v) is 4.59. The topological polar surface area (TPSA) is 79.0 Å². The summed E-state index contributed by atoms with van der Waals surface area (Å²) in [5, 5.41) is 11.2. The van der Waals surface area contributed by atoms with Crippen LogP contribution in [-0.4, -0.2) is 46.5 Å². The molecule has 0 radical (unpaired) electrons. The fraction of sp³-hybridized carbons (Fsp3) is 0.312. The molecule has 24 heavy (non-hydrogen) atoms. The van der Waals surface area contributed by atoms with E-state index in [9.17, 15) is 0 Å². The maximum atomic E-state index is 5.46. The molecular weight excluding hydrogens is 372 g/mol. The number of hydrogen-bond donors (Lipinski definition) is 2. The molecule has 3 aromatic rings. The summed E-state index contributed by atoms with van der Waals surface area (Å²) in [5.41, 5.74) is 3.17. The Morgan fingerprint density at radius 3 is 3.00 bits per heavy atom. The molecule has 1 fully saturated rings.